The van der Waals surface area contributed by atoms with Crippen molar-refractivity contribution in [1.29, 1.82) is 0 Å². The number of hydrogen-bond donors (Lipinski definition) is 7. The number of aliphatic hydroxyl groups excluding tert-OH is 4. The van der Waals surface area contributed by atoms with Gasteiger partial charge in [0.05, 0.1) is 25.9 Å². The highest BCUT2D eigenvalue weighted by atomic mass is 32.7. The second kappa shape index (κ2) is 14.8. The molecule has 0 radical (unpaired) electrons. The summed E-state index contributed by atoms with van der Waals surface area (Å²) in [5.41, 5.74) is 1.55. The predicted octanol–water partition coefficient (Wildman–Crippen LogP) is 0.112. The summed E-state index contributed by atoms with van der Waals surface area (Å²) in [6.45, 7) is -0.202. The molecule has 2 saturated heterocycles. The van der Waals surface area contributed by atoms with E-state index in [1.165, 1.54) is 34.4 Å². The average Bonchev–Trinajstić information content (AvgIpc) is 3.83. The standard InChI is InChI=1S/C24H28N10O10P2S/c35-5-11-15(37)18(43-45-39)24(41-11)34-10-32-14-20(28-8-30-22(14)34)26-4-2-1-3-25-19-13-21(29-7-27-19)33(9-31-13)23-16(38)17(44-46(40)47)12(6-36)42-23/h1-2,7-12,15-18,23-24,35-38H,3-6H2,(H2-,25,26,27,28,29,30,40,47)/p+1/b2-1+/t11-,12-,15-,16-,17-,18-,23-,24-/m1/s1. The zero-order valence-corrected chi connectivity index (χ0v) is 26.8. The molecule has 23 heteroatoms. The number of aliphatic hydroxyl groups is 4. The second-order valence-electron chi connectivity index (χ2n) is 10.3. The molecule has 0 bridgehead atoms. The molecule has 2 fully saturated rings. The number of nitrogens with one attached hydrogen (secondary N) is 2. The van der Waals surface area contributed by atoms with Gasteiger partial charge in [0.2, 0.25) is 0 Å². The van der Waals surface area contributed by atoms with Gasteiger partial charge in [0.25, 0.3) is 0 Å². The molecular weight excluding hydrogens is 682 g/mol. The van der Waals surface area contributed by atoms with E-state index in [0.717, 1.165) is 0 Å². The fourth-order valence-corrected chi connectivity index (χ4v) is 6.52. The second-order valence-corrected chi connectivity index (χ2v) is 12.3. The third-order valence-electron chi connectivity index (χ3n) is 7.57. The van der Waals surface area contributed by atoms with E-state index in [1.54, 1.807) is 0 Å². The lowest BCUT2D eigenvalue weighted by Crippen LogP contribution is -2.34. The molecule has 2 aliphatic rings. The molecule has 4 aromatic heterocycles. The number of hydrogen-bond acceptors (Lipinski definition) is 18. The van der Waals surface area contributed by atoms with Crippen LogP contribution in [0.5, 0.6) is 0 Å². The first-order valence-electron chi connectivity index (χ1n) is 14.0. The van der Waals surface area contributed by atoms with Crippen molar-refractivity contribution in [3.63, 3.8) is 0 Å². The van der Waals surface area contributed by atoms with Gasteiger partial charge in [-0.3, -0.25) is 13.7 Å². The van der Waals surface area contributed by atoms with E-state index < -0.39 is 78.2 Å². The van der Waals surface area contributed by atoms with Gasteiger partial charge in [-0.1, -0.05) is 12.2 Å². The maximum Gasteiger partial charge on any atom is 0.582 e. The molecule has 0 saturated carbocycles. The summed E-state index contributed by atoms with van der Waals surface area (Å²) < 4.78 is 47.4. The molecule has 20 nitrogen and oxygen atoms in total. The van der Waals surface area contributed by atoms with Crippen molar-refractivity contribution in [2.45, 2.75) is 49.1 Å². The molecule has 6 rings (SSSR count). The van der Waals surface area contributed by atoms with Crippen molar-refractivity contribution in [3.05, 3.63) is 37.5 Å². The first kappa shape index (κ1) is 33.6. The smallest absolute Gasteiger partial charge is 0.394 e. The molecule has 1 unspecified atom stereocenters. The molecule has 9 atom stereocenters. The molecule has 4 aromatic rings. The van der Waals surface area contributed by atoms with Crippen LogP contribution >= 0.6 is 28.2 Å². The molecule has 2 aliphatic heterocycles. The van der Waals surface area contributed by atoms with Crippen LogP contribution in [0.3, 0.4) is 0 Å². The van der Waals surface area contributed by atoms with E-state index in [2.05, 4.69) is 52.8 Å². The van der Waals surface area contributed by atoms with E-state index in [-0.39, 0.29) is 0 Å². The monoisotopic (exact) mass is 711 g/mol. The maximum absolute atomic E-state index is 11.5. The molecule has 250 valence electrons. The Kier molecular flexibility index (Phi) is 10.6. The summed E-state index contributed by atoms with van der Waals surface area (Å²) >= 11 is 3.73. The normalized spacial score (nSPS) is 28.2. The molecule has 47 heavy (non-hydrogen) atoms. The summed E-state index contributed by atoms with van der Waals surface area (Å²) in [4.78, 5) is 25.8. The van der Waals surface area contributed by atoms with E-state index in [0.29, 0.717) is 47.1 Å². The number of nitrogens with zero attached hydrogens (tertiary/aromatic N) is 8. The fraction of sp³-hybridized carbons (Fsp3) is 0.500. The number of aromatic nitrogens is 8. The summed E-state index contributed by atoms with van der Waals surface area (Å²) in [5.74, 6) is 0.855. The summed E-state index contributed by atoms with van der Waals surface area (Å²) in [6, 6.07) is 0. The number of rotatable bonds is 14. The van der Waals surface area contributed by atoms with Gasteiger partial charge >= 0.3 is 15.9 Å². The lowest BCUT2D eigenvalue weighted by atomic mass is 10.1. The Morgan fingerprint density at radius 3 is 1.94 bits per heavy atom. The fourth-order valence-electron chi connectivity index (χ4n) is 5.40. The van der Waals surface area contributed by atoms with Gasteiger partial charge in [-0.15, -0.1) is 4.52 Å². The van der Waals surface area contributed by atoms with Gasteiger partial charge in [-0.25, -0.2) is 34.5 Å². The van der Waals surface area contributed by atoms with Gasteiger partial charge in [0, 0.05) is 13.1 Å². The van der Waals surface area contributed by atoms with E-state index in [9.17, 15) is 29.6 Å². The third kappa shape index (κ3) is 6.70. The minimum Gasteiger partial charge on any atom is -0.394 e. The van der Waals surface area contributed by atoms with Crippen LogP contribution in [-0.4, -0.2) is 122 Å². The number of imidazole rings is 2. The molecule has 0 aromatic carbocycles. The quantitative estimate of drug-likeness (QED) is 0.0520. The lowest BCUT2D eigenvalue weighted by Gasteiger charge is -2.18. The number of ether oxygens (including phenoxy) is 2. The van der Waals surface area contributed by atoms with Gasteiger partial charge in [0.15, 0.2) is 52.5 Å². The first-order chi connectivity index (χ1) is 22.9. The number of thiol groups is 1. The Morgan fingerprint density at radius 2 is 1.40 bits per heavy atom. The zero-order chi connectivity index (χ0) is 33.1. The molecular formula is C24H29N10O10P2S+. The van der Waals surface area contributed by atoms with Crippen LogP contribution in [0.2, 0.25) is 0 Å². The van der Waals surface area contributed by atoms with E-state index in [4.69, 9.17) is 18.5 Å². The van der Waals surface area contributed by atoms with Gasteiger partial charge < -0.3 is 40.5 Å². The summed E-state index contributed by atoms with van der Waals surface area (Å²) in [5, 5.41) is 46.7. The lowest BCUT2D eigenvalue weighted by molar-refractivity contribution is -0.0502. The van der Waals surface area contributed by atoms with Crippen molar-refractivity contribution in [3.8, 4) is 0 Å². The highest BCUT2D eigenvalue weighted by Crippen LogP contribution is 2.40. The minimum absolute atomic E-state index is 0.354. The topological polar surface area (TPSA) is 263 Å². The van der Waals surface area contributed by atoms with Crippen molar-refractivity contribution >= 4 is 62.1 Å². The molecule has 0 amide bonds. The number of anilines is 2. The third-order valence-corrected chi connectivity index (χ3v) is 8.60. The van der Waals surface area contributed by atoms with Crippen LogP contribution in [0.25, 0.3) is 22.3 Å². The Hall–Kier alpha value is -3.33. The zero-order valence-electron chi connectivity index (χ0n) is 24.1. The number of fused-ring (bicyclic) bond motifs is 2. The Bertz CT molecular complexity index is 1770. The van der Waals surface area contributed by atoms with Gasteiger partial charge in [-0.05, 0) is 4.57 Å². The Labute approximate surface area is 272 Å². The molecule has 0 aliphatic carbocycles. The van der Waals surface area contributed by atoms with Crippen molar-refractivity contribution in [2.24, 2.45) is 0 Å². The van der Waals surface area contributed by atoms with Crippen LogP contribution in [0, 0.1) is 0 Å². The van der Waals surface area contributed by atoms with Gasteiger partial charge in [-0.2, -0.15) is 0 Å². The van der Waals surface area contributed by atoms with Gasteiger partial charge in [0.1, 0.15) is 55.4 Å². The molecule has 6 heterocycles. The van der Waals surface area contributed by atoms with Crippen molar-refractivity contribution < 1.29 is 48.1 Å². The molecule has 0 spiro atoms. The summed E-state index contributed by atoms with van der Waals surface area (Å²) in [6.07, 6.45) is 0.784. The highest BCUT2D eigenvalue weighted by molar-refractivity contribution is 8.39. The maximum atomic E-state index is 11.5. The van der Waals surface area contributed by atoms with Crippen LogP contribution < -0.4 is 10.6 Å². The van der Waals surface area contributed by atoms with Crippen LogP contribution in [-0.2, 0) is 27.7 Å². The molecule has 6 N–H and O–H groups in total. The highest BCUT2D eigenvalue weighted by Gasteiger charge is 2.50. The SMILES string of the molecule is O=PO[C@@H]1[C@H](O)[C@@H](CO)O[C@H]1n1cnc2c(NC/C=C/CNc3ncnc4c3ncn4[C@@H]3O[C@H](CO)[C@@H](O[P+](=O)S)[C@H]3O)ncnc21. The largest absolute Gasteiger partial charge is 0.582 e. The van der Waals surface area contributed by atoms with Crippen LogP contribution in [0.4, 0.5) is 11.6 Å². The van der Waals surface area contributed by atoms with Crippen molar-refractivity contribution in [2.75, 3.05) is 36.9 Å². The van der Waals surface area contributed by atoms with E-state index in [1.807, 2.05) is 12.2 Å². The summed E-state index contributed by atoms with van der Waals surface area (Å²) in [7, 11) is -3.00. The Morgan fingerprint density at radius 1 is 0.851 bits per heavy atom. The predicted molar refractivity (Wildman–Crippen MR) is 165 cm³/mol. The first-order valence-corrected chi connectivity index (χ1v) is 17.1. The van der Waals surface area contributed by atoms with E-state index >= 15 is 0 Å². The van der Waals surface area contributed by atoms with Crippen molar-refractivity contribution in [1.82, 2.24) is 39.0 Å². The average molecular weight is 712 g/mol. The van der Waals surface area contributed by atoms with Crippen LogP contribution in [0.1, 0.15) is 12.5 Å². The van der Waals surface area contributed by atoms with Crippen LogP contribution in [0.15, 0.2) is 37.5 Å². The minimum atomic E-state index is -2.35. The Balaban J connectivity index is 1.08.